The number of hydrogen-bond acceptors (Lipinski definition) is 5. The van der Waals surface area contributed by atoms with Gasteiger partial charge in [0.2, 0.25) is 0 Å². The van der Waals surface area contributed by atoms with Crippen molar-refractivity contribution in [3.05, 3.63) is 48.5 Å². The van der Waals surface area contributed by atoms with Crippen LogP contribution in [0.15, 0.2) is 43.0 Å². The minimum atomic E-state index is 0.104. The Balaban J connectivity index is 1.42. The van der Waals surface area contributed by atoms with Crippen molar-refractivity contribution in [1.29, 1.82) is 0 Å². The largest absolute Gasteiger partial charge is 0.333 e. The van der Waals surface area contributed by atoms with Crippen molar-refractivity contribution in [2.45, 2.75) is 43.8 Å². The quantitative estimate of drug-likeness (QED) is 0.718. The topological polar surface area (TPSA) is 76.8 Å². The number of amides is 1. The fourth-order valence-electron chi connectivity index (χ4n) is 4.33. The van der Waals surface area contributed by atoms with Crippen LogP contribution in [-0.2, 0) is 0 Å². The van der Waals surface area contributed by atoms with Crippen LogP contribution in [0.4, 0.5) is 0 Å². The van der Waals surface area contributed by atoms with Gasteiger partial charge in [-0.25, -0.2) is 0 Å². The highest BCUT2D eigenvalue weighted by molar-refractivity contribution is 5.97. The number of carbonyl (C=O) groups is 1. The summed E-state index contributed by atoms with van der Waals surface area (Å²) in [7, 11) is 0. The van der Waals surface area contributed by atoms with E-state index < -0.39 is 0 Å². The Hall–Kier alpha value is -2.83. The highest BCUT2D eigenvalue weighted by Crippen LogP contribution is 2.41. The first-order valence-electron chi connectivity index (χ1n) is 8.69. The number of carbonyl (C=O) groups excluding carboxylic acids is 1. The lowest BCUT2D eigenvalue weighted by Gasteiger charge is -2.38. The zero-order chi connectivity index (χ0) is 16.8. The molecule has 2 saturated heterocycles. The van der Waals surface area contributed by atoms with Crippen molar-refractivity contribution in [2.75, 3.05) is 0 Å². The Morgan fingerprint density at radius 1 is 0.880 bits per heavy atom. The van der Waals surface area contributed by atoms with Crippen molar-refractivity contribution < 1.29 is 4.79 Å². The van der Waals surface area contributed by atoms with Crippen LogP contribution < -0.4 is 0 Å². The van der Waals surface area contributed by atoms with Gasteiger partial charge in [-0.1, -0.05) is 0 Å². The second-order valence-electron chi connectivity index (χ2n) is 6.83. The molecule has 1 amide bonds. The average Bonchev–Trinajstić information content (AvgIpc) is 3.27. The minimum Gasteiger partial charge on any atom is -0.333 e. The van der Waals surface area contributed by atoms with Gasteiger partial charge >= 0.3 is 0 Å². The van der Waals surface area contributed by atoms with Crippen LogP contribution in [0.1, 0.15) is 42.1 Å². The Morgan fingerprint density at radius 3 is 2.28 bits per heavy atom. The van der Waals surface area contributed by atoms with E-state index in [2.05, 4.69) is 25.1 Å². The summed E-state index contributed by atoms with van der Waals surface area (Å²) in [6.45, 7) is 0. The van der Waals surface area contributed by atoms with Crippen LogP contribution in [0, 0.1) is 0 Å². The maximum atomic E-state index is 13.1. The van der Waals surface area contributed by atoms with Gasteiger partial charge in [-0.05, 0) is 43.9 Å². The first-order valence-corrected chi connectivity index (χ1v) is 8.69. The molecular formula is C18H18N6O. The number of nitrogens with zero attached hydrogens (tertiary/aromatic N) is 6. The van der Waals surface area contributed by atoms with Gasteiger partial charge in [0.1, 0.15) is 0 Å². The first kappa shape index (κ1) is 14.5. The van der Waals surface area contributed by atoms with E-state index in [-0.39, 0.29) is 18.0 Å². The van der Waals surface area contributed by atoms with Gasteiger partial charge in [-0.15, -0.1) is 0 Å². The molecule has 7 nitrogen and oxygen atoms in total. The molecule has 2 unspecified atom stereocenters. The SMILES string of the molecule is O=C(c1ccc2nccnc2c1)N1C2CCC1CC(n1nccn1)C2. The summed E-state index contributed by atoms with van der Waals surface area (Å²) in [6, 6.07) is 6.40. The molecule has 0 aliphatic carbocycles. The number of benzene rings is 1. The van der Waals surface area contributed by atoms with Crippen molar-refractivity contribution in [3.8, 4) is 0 Å². The van der Waals surface area contributed by atoms with E-state index in [4.69, 9.17) is 0 Å². The third kappa shape index (κ3) is 2.38. The zero-order valence-electron chi connectivity index (χ0n) is 13.7. The molecule has 4 heterocycles. The summed E-state index contributed by atoms with van der Waals surface area (Å²) in [5.74, 6) is 0.104. The fraction of sp³-hybridized carbons (Fsp3) is 0.389. The zero-order valence-corrected chi connectivity index (χ0v) is 13.7. The predicted molar refractivity (Wildman–Crippen MR) is 90.8 cm³/mol. The van der Waals surface area contributed by atoms with Gasteiger partial charge in [0, 0.05) is 30.0 Å². The van der Waals surface area contributed by atoms with E-state index in [9.17, 15) is 4.79 Å². The molecule has 3 aromatic rings. The summed E-state index contributed by atoms with van der Waals surface area (Å²) in [6.07, 6.45) is 10.7. The van der Waals surface area contributed by atoms with Gasteiger partial charge in [0.05, 0.1) is 29.5 Å². The Labute approximate surface area is 144 Å². The van der Waals surface area contributed by atoms with Crippen molar-refractivity contribution in [1.82, 2.24) is 29.9 Å². The smallest absolute Gasteiger partial charge is 0.254 e. The molecule has 7 heteroatoms. The van der Waals surface area contributed by atoms with Crippen molar-refractivity contribution in [3.63, 3.8) is 0 Å². The minimum absolute atomic E-state index is 0.104. The first-order chi connectivity index (χ1) is 12.3. The lowest BCUT2D eigenvalue weighted by Crippen LogP contribution is -2.47. The standard InChI is InChI=1S/C18H18N6O/c25-18(12-1-4-16-17(9-12)20-6-5-19-16)23-13-2-3-14(23)11-15(10-13)24-21-7-8-22-24/h1,4-9,13-15H,2-3,10-11H2. The second kappa shape index (κ2) is 5.61. The molecule has 0 spiro atoms. The number of aromatic nitrogens is 5. The second-order valence-corrected chi connectivity index (χ2v) is 6.83. The van der Waals surface area contributed by atoms with E-state index in [0.717, 1.165) is 36.7 Å². The fourth-order valence-corrected chi connectivity index (χ4v) is 4.33. The number of piperidine rings is 1. The molecule has 0 radical (unpaired) electrons. The summed E-state index contributed by atoms with van der Waals surface area (Å²) in [5.41, 5.74) is 2.27. The molecule has 2 aliphatic rings. The molecule has 2 bridgehead atoms. The summed E-state index contributed by atoms with van der Waals surface area (Å²) < 4.78 is 0. The monoisotopic (exact) mass is 334 g/mol. The molecular weight excluding hydrogens is 316 g/mol. The van der Waals surface area contributed by atoms with E-state index in [0.29, 0.717) is 11.6 Å². The normalized spacial score (nSPS) is 25.4. The highest BCUT2D eigenvalue weighted by Gasteiger charge is 2.44. The third-order valence-electron chi connectivity index (χ3n) is 5.42. The number of fused-ring (bicyclic) bond motifs is 3. The van der Waals surface area contributed by atoms with Crippen molar-refractivity contribution in [2.24, 2.45) is 0 Å². The molecule has 0 saturated carbocycles. The Morgan fingerprint density at radius 2 is 1.56 bits per heavy atom. The Kier molecular flexibility index (Phi) is 3.26. The summed E-state index contributed by atoms with van der Waals surface area (Å²) in [5, 5.41) is 8.57. The van der Waals surface area contributed by atoms with Crippen LogP contribution in [0.2, 0.25) is 0 Å². The van der Waals surface area contributed by atoms with Gasteiger partial charge < -0.3 is 4.90 Å². The molecule has 25 heavy (non-hydrogen) atoms. The van der Waals surface area contributed by atoms with Crippen LogP contribution in [0.25, 0.3) is 11.0 Å². The van der Waals surface area contributed by atoms with Crippen LogP contribution >= 0.6 is 0 Å². The van der Waals surface area contributed by atoms with Crippen LogP contribution in [-0.4, -0.2) is 47.9 Å². The molecule has 2 fully saturated rings. The van der Waals surface area contributed by atoms with Crippen LogP contribution in [0.3, 0.4) is 0 Å². The third-order valence-corrected chi connectivity index (χ3v) is 5.42. The lowest BCUT2D eigenvalue weighted by molar-refractivity contribution is 0.0512. The van der Waals surface area contributed by atoms with E-state index >= 15 is 0 Å². The number of rotatable bonds is 2. The van der Waals surface area contributed by atoms with Crippen molar-refractivity contribution >= 4 is 16.9 Å². The van der Waals surface area contributed by atoms with Crippen LogP contribution in [0.5, 0.6) is 0 Å². The van der Waals surface area contributed by atoms with Gasteiger partial charge in [0.15, 0.2) is 0 Å². The molecule has 0 N–H and O–H groups in total. The molecule has 5 rings (SSSR count). The lowest BCUT2D eigenvalue weighted by atomic mass is 9.96. The molecule has 126 valence electrons. The summed E-state index contributed by atoms with van der Waals surface area (Å²) in [4.78, 5) is 25.6. The predicted octanol–water partition coefficient (Wildman–Crippen LogP) is 2.23. The maximum Gasteiger partial charge on any atom is 0.254 e. The Bertz CT molecular complexity index is 910. The average molecular weight is 334 g/mol. The van der Waals surface area contributed by atoms with E-state index in [1.807, 2.05) is 18.2 Å². The molecule has 2 aromatic heterocycles. The molecule has 2 atom stereocenters. The van der Waals surface area contributed by atoms with Gasteiger partial charge in [0.25, 0.3) is 5.91 Å². The van der Waals surface area contributed by atoms with E-state index in [1.54, 1.807) is 29.6 Å². The van der Waals surface area contributed by atoms with E-state index in [1.165, 1.54) is 0 Å². The van der Waals surface area contributed by atoms with Gasteiger partial charge in [-0.3, -0.25) is 14.8 Å². The summed E-state index contributed by atoms with van der Waals surface area (Å²) >= 11 is 0. The maximum absolute atomic E-state index is 13.1. The highest BCUT2D eigenvalue weighted by atomic mass is 16.2. The molecule has 2 aliphatic heterocycles. The van der Waals surface area contributed by atoms with Gasteiger partial charge in [-0.2, -0.15) is 15.0 Å². The molecule has 1 aromatic carbocycles. The number of hydrogen-bond donors (Lipinski definition) is 0.